The van der Waals surface area contributed by atoms with Crippen LogP contribution in [0.2, 0.25) is 0 Å². The van der Waals surface area contributed by atoms with Gasteiger partial charge < -0.3 is 14.6 Å². The fraction of sp³-hybridized carbons (Fsp3) is 0.417. The molecule has 158 valence electrons. The van der Waals surface area contributed by atoms with Crippen LogP contribution in [0.3, 0.4) is 0 Å². The van der Waals surface area contributed by atoms with Crippen molar-refractivity contribution in [3.63, 3.8) is 0 Å². The molecule has 2 aromatic rings. The maximum atomic E-state index is 14.2. The van der Waals surface area contributed by atoms with Gasteiger partial charge >= 0.3 is 0 Å². The van der Waals surface area contributed by atoms with Gasteiger partial charge in [-0.1, -0.05) is 41.9 Å². The minimum atomic E-state index is -0.283. The van der Waals surface area contributed by atoms with E-state index in [1.54, 1.807) is 23.1 Å². The van der Waals surface area contributed by atoms with E-state index in [4.69, 9.17) is 4.84 Å². The molecule has 1 amide bonds. The predicted octanol–water partition coefficient (Wildman–Crippen LogP) is 4.21. The highest BCUT2D eigenvalue weighted by atomic mass is 19.1. The van der Waals surface area contributed by atoms with Gasteiger partial charge in [0, 0.05) is 44.2 Å². The molecule has 0 N–H and O–H groups in total. The maximum absolute atomic E-state index is 14.2. The zero-order valence-electron chi connectivity index (χ0n) is 17.6. The molecule has 1 heterocycles. The number of hydrogen-bond acceptors (Lipinski definition) is 4. The van der Waals surface area contributed by atoms with Crippen LogP contribution in [0.5, 0.6) is 0 Å². The van der Waals surface area contributed by atoms with Crippen molar-refractivity contribution in [1.82, 2.24) is 4.90 Å². The average Bonchev–Trinajstić information content (AvgIpc) is 3.16. The maximum Gasteiger partial charge on any atom is 0.226 e. The fourth-order valence-corrected chi connectivity index (χ4v) is 3.87. The van der Waals surface area contributed by atoms with E-state index in [9.17, 15) is 9.18 Å². The molecular weight excluding hydrogens is 381 g/mol. The molecule has 1 fully saturated rings. The second kappa shape index (κ2) is 8.86. The SMILES string of the molecule is CN(C)c1ccc(C2=NOC(CN(Cc3ccccc3F)C(=O)C3CCC3)C2)cc1. The Hall–Kier alpha value is -2.89. The smallest absolute Gasteiger partial charge is 0.226 e. The molecule has 1 aliphatic carbocycles. The summed E-state index contributed by atoms with van der Waals surface area (Å²) in [5.74, 6) is -0.136. The Morgan fingerprint density at radius 1 is 1.13 bits per heavy atom. The number of carbonyl (C=O) groups excluding carboxylic acids is 1. The van der Waals surface area contributed by atoms with Crippen molar-refractivity contribution in [2.24, 2.45) is 11.1 Å². The summed E-state index contributed by atoms with van der Waals surface area (Å²) >= 11 is 0. The summed E-state index contributed by atoms with van der Waals surface area (Å²) in [5, 5.41) is 4.27. The monoisotopic (exact) mass is 409 g/mol. The number of carbonyl (C=O) groups is 1. The van der Waals surface area contributed by atoms with E-state index in [1.807, 2.05) is 31.1 Å². The van der Waals surface area contributed by atoms with Crippen LogP contribution >= 0.6 is 0 Å². The number of rotatable bonds is 7. The van der Waals surface area contributed by atoms with Crippen molar-refractivity contribution in [2.45, 2.75) is 38.3 Å². The topological polar surface area (TPSA) is 45.1 Å². The number of nitrogens with zero attached hydrogens (tertiary/aromatic N) is 3. The Morgan fingerprint density at radius 2 is 1.87 bits per heavy atom. The quantitative estimate of drug-likeness (QED) is 0.688. The van der Waals surface area contributed by atoms with Gasteiger partial charge in [-0.05, 0) is 36.6 Å². The molecule has 4 rings (SSSR count). The summed E-state index contributed by atoms with van der Waals surface area (Å²) in [4.78, 5) is 22.5. The Morgan fingerprint density at radius 3 is 2.50 bits per heavy atom. The molecular formula is C24H28FN3O2. The summed E-state index contributed by atoms with van der Waals surface area (Å²) in [6.07, 6.45) is 3.33. The third kappa shape index (κ3) is 4.48. The van der Waals surface area contributed by atoms with E-state index >= 15 is 0 Å². The van der Waals surface area contributed by atoms with Crippen LogP contribution in [-0.2, 0) is 16.2 Å². The molecule has 0 radical (unpaired) electrons. The minimum Gasteiger partial charge on any atom is -0.390 e. The van der Waals surface area contributed by atoms with Gasteiger partial charge in [-0.3, -0.25) is 4.79 Å². The standard InChI is InChI=1S/C24H28FN3O2/c1-27(2)20-12-10-17(11-13-20)23-14-21(30-26-23)16-28(24(29)18-7-5-8-18)15-19-6-3-4-9-22(19)25/h3-4,6,9-13,18,21H,5,7-8,14-16H2,1-2H3. The van der Waals surface area contributed by atoms with Gasteiger partial charge in [0.2, 0.25) is 5.91 Å². The molecule has 0 aromatic heterocycles. The highest BCUT2D eigenvalue weighted by molar-refractivity contribution is 6.01. The third-order valence-electron chi connectivity index (χ3n) is 5.96. The van der Waals surface area contributed by atoms with E-state index in [1.165, 1.54) is 6.07 Å². The summed E-state index contributed by atoms with van der Waals surface area (Å²) < 4.78 is 14.2. The molecule has 2 aromatic carbocycles. The van der Waals surface area contributed by atoms with Crippen LogP contribution in [-0.4, -0.2) is 43.3 Å². The van der Waals surface area contributed by atoms with Crippen LogP contribution in [0.4, 0.5) is 10.1 Å². The van der Waals surface area contributed by atoms with E-state index in [2.05, 4.69) is 17.3 Å². The van der Waals surface area contributed by atoms with Crippen molar-refractivity contribution < 1.29 is 14.0 Å². The van der Waals surface area contributed by atoms with Crippen molar-refractivity contribution in [2.75, 3.05) is 25.5 Å². The van der Waals surface area contributed by atoms with Gasteiger partial charge in [-0.25, -0.2) is 4.39 Å². The second-order valence-corrected chi connectivity index (χ2v) is 8.35. The lowest BCUT2D eigenvalue weighted by molar-refractivity contribution is -0.140. The molecule has 6 heteroatoms. The van der Waals surface area contributed by atoms with Gasteiger partial charge in [-0.15, -0.1) is 0 Å². The summed E-state index contributed by atoms with van der Waals surface area (Å²) in [6, 6.07) is 14.8. The van der Waals surface area contributed by atoms with Crippen molar-refractivity contribution in [3.8, 4) is 0 Å². The lowest BCUT2D eigenvalue weighted by Gasteiger charge is -2.32. The lowest BCUT2D eigenvalue weighted by atomic mass is 9.84. The van der Waals surface area contributed by atoms with E-state index < -0.39 is 0 Å². The van der Waals surface area contributed by atoms with Crippen molar-refractivity contribution >= 4 is 17.3 Å². The molecule has 0 spiro atoms. The van der Waals surface area contributed by atoms with Gasteiger partial charge in [0.05, 0.1) is 12.3 Å². The molecule has 1 aliphatic heterocycles. The molecule has 1 saturated carbocycles. The zero-order valence-corrected chi connectivity index (χ0v) is 17.6. The van der Waals surface area contributed by atoms with Crippen LogP contribution in [0.25, 0.3) is 0 Å². The first-order valence-corrected chi connectivity index (χ1v) is 10.5. The van der Waals surface area contributed by atoms with E-state index in [0.717, 1.165) is 36.2 Å². The predicted molar refractivity (Wildman–Crippen MR) is 116 cm³/mol. The van der Waals surface area contributed by atoms with Gasteiger partial charge in [0.1, 0.15) is 5.82 Å². The first-order chi connectivity index (χ1) is 14.5. The summed E-state index contributed by atoms with van der Waals surface area (Å²) in [5.41, 5.74) is 3.56. The van der Waals surface area contributed by atoms with Gasteiger partial charge in [-0.2, -0.15) is 0 Å². The number of benzene rings is 2. The molecule has 1 atom stereocenters. The number of oxime groups is 1. The highest BCUT2D eigenvalue weighted by Gasteiger charge is 2.33. The Kier molecular flexibility index (Phi) is 6.02. The normalized spacial score (nSPS) is 18.4. The number of hydrogen-bond donors (Lipinski definition) is 0. The Bertz CT molecular complexity index is 922. The summed E-state index contributed by atoms with van der Waals surface area (Å²) in [6.45, 7) is 0.668. The van der Waals surface area contributed by atoms with Crippen LogP contribution < -0.4 is 4.90 Å². The van der Waals surface area contributed by atoms with Crippen LogP contribution in [0.1, 0.15) is 36.8 Å². The Labute approximate surface area is 177 Å². The van der Waals surface area contributed by atoms with Crippen molar-refractivity contribution in [3.05, 3.63) is 65.5 Å². The molecule has 2 aliphatic rings. The van der Waals surface area contributed by atoms with Crippen LogP contribution in [0.15, 0.2) is 53.7 Å². The van der Waals surface area contributed by atoms with E-state index in [0.29, 0.717) is 18.5 Å². The molecule has 0 saturated heterocycles. The molecule has 5 nitrogen and oxygen atoms in total. The van der Waals surface area contributed by atoms with E-state index in [-0.39, 0.29) is 30.3 Å². The number of amides is 1. The average molecular weight is 410 g/mol. The second-order valence-electron chi connectivity index (χ2n) is 8.35. The first kappa shape index (κ1) is 20.4. The number of anilines is 1. The fourth-order valence-electron chi connectivity index (χ4n) is 3.87. The van der Waals surface area contributed by atoms with Crippen molar-refractivity contribution in [1.29, 1.82) is 0 Å². The van der Waals surface area contributed by atoms with Gasteiger partial charge in [0.25, 0.3) is 0 Å². The highest BCUT2D eigenvalue weighted by Crippen LogP contribution is 2.30. The largest absolute Gasteiger partial charge is 0.390 e. The molecule has 0 bridgehead atoms. The minimum absolute atomic E-state index is 0.0529. The van der Waals surface area contributed by atoms with Gasteiger partial charge in [0.15, 0.2) is 6.10 Å². The molecule has 1 unspecified atom stereocenters. The molecule has 30 heavy (non-hydrogen) atoms. The zero-order chi connectivity index (χ0) is 21.1. The van der Waals surface area contributed by atoms with Crippen LogP contribution in [0, 0.1) is 11.7 Å². The third-order valence-corrected chi connectivity index (χ3v) is 5.96. The number of halogens is 1. The first-order valence-electron chi connectivity index (χ1n) is 10.5. The summed E-state index contributed by atoms with van der Waals surface area (Å²) in [7, 11) is 4.01. The lowest BCUT2D eigenvalue weighted by Crippen LogP contribution is -2.42. The Balaban J connectivity index is 1.43.